The van der Waals surface area contributed by atoms with Gasteiger partial charge in [0.1, 0.15) is 5.75 Å². The van der Waals surface area contributed by atoms with E-state index in [1.54, 1.807) is 38.4 Å². The Morgan fingerprint density at radius 1 is 1.06 bits per heavy atom. The van der Waals surface area contributed by atoms with Gasteiger partial charge in [-0.1, -0.05) is 23.8 Å². The minimum atomic E-state index is -3.51. The molecule has 2 aromatic rings. The van der Waals surface area contributed by atoms with Crippen molar-refractivity contribution in [2.45, 2.75) is 11.8 Å². The number of hydrogen-bond donors (Lipinski definition) is 2. The average Bonchev–Trinajstić information content (AvgIpc) is 2.79. The van der Waals surface area contributed by atoms with Gasteiger partial charge in [0, 0.05) is 58.1 Å². The fourth-order valence-corrected chi connectivity index (χ4v) is 4.51. The molecule has 1 fully saturated rings. The number of aliphatic imine (C=N–C) groups is 1. The molecule has 0 aliphatic carbocycles. The predicted molar refractivity (Wildman–Crippen MR) is 140 cm³/mol. The van der Waals surface area contributed by atoms with Gasteiger partial charge < -0.3 is 19.9 Å². The summed E-state index contributed by atoms with van der Waals surface area (Å²) in [7, 11) is -0.0932. The molecular formula is C22H32IN5O3S. The number of methoxy groups -OCH3 is 1. The van der Waals surface area contributed by atoms with E-state index in [1.165, 1.54) is 0 Å². The summed E-state index contributed by atoms with van der Waals surface area (Å²) >= 11 is 0. The summed E-state index contributed by atoms with van der Waals surface area (Å²) in [6.07, 6.45) is 0. The van der Waals surface area contributed by atoms with Crippen LogP contribution in [0.3, 0.4) is 0 Å². The van der Waals surface area contributed by atoms with Gasteiger partial charge in [-0.25, -0.2) is 13.1 Å². The largest absolute Gasteiger partial charge is 0.497 e. The molecule has 0 bridgehead atoms. The number of aryl methyl sites for hydroxylation is 1. The highest BCUT2D eigenvalue weighted by Gasteiger charge is 2.20. The standard InChI is InChI=1S/C22H31N5O3S.HI/c1-18-7-9-21(10-8-18)31(28,29)25-12-11-24-22(23-2)27-15-13-26(14-16-27)19-5-4-6-20(17-19)30-3;/h4-10,17,25H,11-16H2,1-3H3,(H,23,24);1H. The van der Waals surface area contributed by atoms with E-state index in [-0.39, 0.29) is 35.4 Å². The van der Waals surface area contributed by atoms with Crippen LogP contribution < -0.4 is 19.7 Å². The Balaban J connectivity index is 0.00000363. The van der Waals surface area contributed by atoms with Crippen molar-refractivity contribution in [2.75, 3.05) is 58.3 Å². The van der Waals surface area contributed by atoms with Gasteiger partial charge in [-0.15, -0.1) is 24.0 Å². The van der Waals surface area contributed by atoms with Crippen molar-refractivity contribution in [2.24, 2.45) is 4.99 Å². The van der Waals surface area contributed by atoms with Gasteiger partial charge in [-0.3, -0.25) is 4.99 Å². The second-order valence-electron chi connectivity index (χ2n) is 7.36. The molecule has 0 unspecified atom stereocenters. The van der Waals surface area contributed by atoms with E-state index < -0.39 is 10.0 Å². The van der Waals surface area contributed by atoms with Crippen LogP contribution in [0.25, 0.3) is 0 Å². The normalized spacial score (nSPS) is 14.7. The van der Waals surface area contributed by atoms with Crippen LogP contribution in [-0.4, -0.2) is 72.7 Å². The van der Waals surface area contributed by atoms with E-state index in [9.17, 15) is 8.42 Å². The summed E-state index contributed by atoms with van der Waals surface area (Å²) in [5, 5.41) is 3.26. The van der Waals surface area contributed by atoms with Crippen molar-refractivity contribution >= 4 is 45.6 Å². The predicted octanol–water partition coefficient (Wildman–Crippen LogP) is 2.30. The summed E-state index contributed by atoms with van der Waals surface area (Å²) in [6.45, 7) is 6.04. The molecule has 2 aromatic carbocycles. The van der Waals surface area contributed by atoms with Crippen LogP contribution in [0.4, 0.5) is 5.69 Å². The molecule has 176 valence electrons. The number of nitrogens with one attached hydrogen (secondary N) is 2. The molecule has 1 aliphatic rings. The Morgan fingerprint density at radius 2 is 1.75 bits per heavy atom. The van der Waals surface area contributed by atoms with Crippen molar-refractivity contribution in [3.05, 3.63) is 54.1 Å². The fourth-order valence-electron chi connectivity index (χ4n) is 3.48. The van der Waals surface area contributed by atoms with Crippen molar-refractivity contribution in [3.8, 4) is 5.75 Å². The van der Waals surface area contributed by atoms with Crippen LogP contribution >= 0.6 is 24.0 Å². The molecule has 0 atom stereocenters. The van der Waals surface area contributed by atoms with E-state index >= 15 is 0 Å². The zero-order chi connectivity index (χ0) is 22.3. The number of piperazine rings is 1. The van der Waals surface area contributed by atoms with Gasteiger partial charge in [0.15, 0.2) is 5.96 Å². The van der Waals surface area contributed by atoms with Gasteiger partial charge in [-0.05, 0) is 31.2 Å². The second kappa shape index (κ2) is 12.3. The fraction of sp³-hybridized carbons (Fsp3) is 0.409. The number of halogens is 1. The summed E-state index contributed by atoms with van der Waals surface area (Å²) in [4.78, 5) is 9.14. The first-order valence-corrected chi connectivity index (χ1v) is 11.8. The van der Waals surface area contributed by atoms with Gasteiger partial charge in [0.25, 0.3) is 0 Å². The molecule has 0 spiro atoms. The Bertz CT molecular complexity index is 991. The van der Waals surface area contributed by atoms with Crippen LogP contribution in [-0.2, 0) is 10.0 Å². The minimum absolute atomic E-state index is 0. The quantitative estimate of drug-likeness (QED) is 0.229. The van der Waals surface area contributed by atoms with E-state index in [4.69, 9.17) is 4.74 Å². The van der Waals surface area contributed by atoms with Crippen LogP contribution in [0, 0.1) is 6.92 Å². The molecule has 0 aromatic heterocycles. The van der Waals surface area contributed by atoms with Crippen molar-refractivity contribution in [1.29, 1.82) is 0 Å². The Morgan fingerprint density at radius 3 is 2.38 bits per heavy atom. The lowest BCUT2D eigenvalue weighted by Crippen LogP contribution is -2.53. The van der Waals surface area contributed by atoms with E-state index in [1.807, 2.05) is 25.1 Å². The molecule has 10 heteroatoms. The minimum Gasteiger partial charge on any atom is -0.497 e. The number of anilines is 1. The molecule has 8 nitrogen and oxygen atoms in total. The SMILES string of the molecule is CN=C(NCCNS(=O)(=O)c1ccc(C)cc1)N1CCN(c2cccc(OC)c2)CC1.I. The molecule has 3 rings (SSSR count). The summed E-state index contributed by atoms with van der Waals surface area (Å²) in [5.74, 6) is 1.63. The molecule has 1 saturated heterocycles. The van der Waals surface area contributed by atoms with E-state index in [2.05, 4.69) is 30.9 Å². The number of rotatable bonds is 7. The average molecular weight is 574 g/mol. The number of nitrogens with zero attached hydrogens (tertiary/aromatic N) is 3. The van der Waals surface area contributed by atoms with Gasteiger partial charge >= 0.3 is 0 Å². The van der Waals surface area contributed by atoms with E-state index in [0.29, 0.717) is 6.54 Å². The smallest absolute Gasteiger partial charge is 0.240 e. The topological polar surface area (TPSA) is 86.3 Å². The monoisotopic (exact) mass is 573 g/mol. The lowest BCUT2D eigenvalue weighted by molar-refractivity contribution is 0.372. The number of sulfonamides is 1. The zero-order valence-electron chi connectivity index (χ0n) is 18.7. The molecule has 0 radical (unpaired) electrons. The van der Waals surface area contributed by atoms with Crippen LogP contribution in [0.5, 0.6) is 5.75 Å². The third kappa shape index (κ3) is 6.97. The van der Waals surface area contributed by atoms with Crippen molar-refractivity contribution < 1.29 is 13.2 Å². The summed E-state index contributed by atoms with van der Waals surface area (Å²) in [5.41, 5.74) is 2.17. The van der Waals surface area contributed by atoms with Crippen molar-refractivity contribution in [3.63, 3.8) is 0 Å². The lowest BCUT2D eigenvalue weighted by Gasteiger charge is -2.37. The molecular weight excluding hydrogens is 541 g/mol. The Labute approximate surface area is 208 Å². The third-order valence-electron chi connectivity index (χ3n) is 5.24. The first-order valence-electron chi connectivity index (χ1n) is 10.3. The maximum absolute atomic E-state index is 12.4. The second-order valence-corrected chi connectivity index (χ2v) is 9.13. The maximum atomic E-state index is 12.4. The van der Waals surface area contributed by atoms with E-state index in [0.717, 1.165) is 49.1 Å². The summed E-state index contributed by atoms with van der Waals surface area (Å²) in [6, 6.07) is 14.9. The summed E-state index contributed by atoms with van der Waals surface area (Å²) < 4.78 is 32.7. The maximum Gasteiger partial charge on any atom is 0.240 e. The Kier molecular flexibility index (Phi) is 10.0. The first kappa shape index (κ1) is 26.2. The van der Waals surface area contributed by atoms with Gasteiger partial charge in [-0.2, -0.15) is 0 Å². The molecule has 1 aliphatic heterocycles. The van der Waals surface area contributed by atoms with Crippen LogP contribution in [0.2, 0.25) is 0 Å². The van der Waals surface area contributed by atoms with Gasteiger partial charge in [0.05, 0.1) is 12.0 Å². The molecule has 2 N–H and O–H groups in total. The highest BCUT2D eigenvalue weighted by atomic mass is 127. The molecule has 0 saturated carbocycles. The van der Waals surface area contributed by atoms with Crippen LogP contribution in [0.15, 0.2) is 58.4 Å². The Hall–Kier alpha value is -2.05. The molecule has 1 heterocycles. The molecule has 0 amide bonds. The van der Waals surface area contributed by atoms with Crippen molar-refractivity contribution in [1.82, 2.24) is 14.9 Å². The highest BCUT2D eigenvalue weighted by molar-refractivity contribution is 14.0. The molecule has 32 heavy (non-hydrogen) atoms. The number of hydrogen-bond acceptors (Lipinski definition) is 5. The number of guanidine groups is 1. The number of benzene rings is 2. The van der Waals surface area contributed by atoms with Gasteiger partial charge in [0.2, 0.25) is 10.0 Å². The highest BCUT2D eigenvalue weighted by Crippen LogP contribution is 2.22. The first-order chi connectivity index (χ1) is 14.9. The third-order valence-corrected chi connectivity index (χ3v) is 6.72. The lowest BCUT2D eigenvalue weighted by atomic mass is 10.2. The van der Waals surface area contributed by atoms with Crippen LogP contribution in [0.1, 0.15) is 5.56 Å². The zero-order valence-corrected chi connectivity index (χ0v) is 21.9. The number of ether oxygens (including phenoxy) is 1.